The van der Waals surface area contributed by atoms with Gasteiger partial charge in [0.05, 0.1) is 13.1 Å². The molecule has 5 rings (SSSR count). The first-order valence-corrected chi connectivity index (χ1v) is 25.4. The van der Waals surface area contributed by atoms with E-state index in [0.29, 0.717) is 44.0 Å². The third kappa shape index (κ3) is 13.5. The first-order chi connectivity index (χ1) is 19.5. The molecule has 0 amide bonds. The van der Waals surface area contributed by atoms with Crippen LogP contribution in [0.25, 0.3) is 0 Å². The third-order valence-electron chi connectivity index (χ3n) is 6.52. The van der Waals surface area contributed by atoms with Crippen molar-refractivity contribution in [2.24, 2.45) is 0 Å². The van der Waals surface area contributed by atoms with Gasteiger partial charge in [-0.05, 0) is 53.5 Å². The van der Waals surface area contributed by atoms with E-state index in [-0.39, 0.29) is 24.0 Å². The molecule has 0 saturated carbocycles. The van der Waals surface area contributed by atoms with Crippen LogP contribution in [0, 0.1) is 24.7 Å². The number of aliphatic carboxylic acids is 1. The van der Waals surface area contributed by atoms with Crippen LogP contribution in [0.5, 0.6) is 0 Å². The molecule has 4 N–H and O–H groups in total. The molecule has 0 aliphatic heterocycles. The Morgan fingerprint density at radius 1 is 0.829 bits per heavy atom. The minimum absolute atomic E-state index is 0. The van der Waals surface area contributed by atoms with Gasteiger partial charge >= 0.3 is 56.5 Å². The number of rotatable bonds is 6. The number of aliphatic hydroxyl groups is 1. The van der Waals surface area contributed by atoms with Crippen molar-refractivity contribution >= 4 is 67.2 Å². The first kappa shape index (κ1) is 38.1. The Bertz CT molecular complexity index is 1190. The number of halogens is 4. The number of carboxylic acids is 1. The second-order valence-corrected chi connectivity index (χ2v) is 25.2. The number of benzene rings is 3. The fourth-order valence-corrected chi connectivity index (χ4v) is 4.68. The van der Waals surface area contributed by atoms with Crippen molar-refractivity contribution in [3.8, 4) is 24.7 Å². The maximum absolute atomic E-state index is 10.2. The average Bonchev–Trinajstić information content (AvgIpc) is 3.60. The number of carboxylic acid groups (broad SMARTS) is 1. The van der Waals surface area contributed by atoms with Crippen LogP contribution in [-0.4, -0.2) is 29.3 Å². The summed E-state index contributed by atoms with van der Waals surface area (Å²) in [5.74, 6) is 4.00. The normalized spacial score (nSPS) is 16.2. The van der Waals surface area contributed by atoms with Crippen molar-refractivity contribution in [3.63, 3.8) is 0 Å². The van der Waals surface area contributed by atoms with Crippen molar-refractivity contribution in [2.45, 2.75) is 43.9 Å². The fourth-order valence-electron chi connectivity index (χ4n) is 4.68. The molecule has 3 aromatic carbocycles. The van der Waals surface area contributed by atoms with E-state index in [2.05, 4.69) is 108 Å². The summed E-state index contributed by atoms with van der Waals surface area (Å²) in [6.07, 6.45) is 13.7. The van der Waals surface area contributed by atoms with Crippen LogP contribution in [0.2, 0.25) is 0 Å². The Morgan fingerprint density at radius 3 is 1.61 bits per heavy atom. The van der Waals surface area contributed by atoms with Gasteiger partial charge in [0.1, 0.15) is 0 Å². The Hall–Kier alpha value is -0.950. The fraction of sp³-hybridized carbons (Fsp3) is 0.281. The van der Waals surface area contributed by atoms with E-state index in [1.165, 1.54) is 47.9 Å². The molecule has 220 valence electrons. The molecule has 41 heavy (non-hydrogen) atoms. The van der Waals surface area contributed by atoms with Gasteiger partial charge in [-0.15, -0.1) is 36.8 Å². The minimum atomic E-state index is -1.41. The van der Waals surface area contributed by atoms with E-state index in [9.17, 15) is 4.79 Å². The molecule has 0 saturated heterocycles. The largest absolute Gasteiger partial charge is 0.479 e. The predicted octanol–water partition coefficient (Wildman–Crippen LogP) is 3.99. The minimum Gasteiger partial charge on any atom is -0.479 e. The number of aryl methyl sites for hydroxylation is 2. The number of hydrogen-bond donors (Lipinski definition) is 4. The van der Waals surface area contributed by atoms with Gasteiger partial charge in [-0.25, -0.2) is 4.79 Å². The third-order valence-corrected chi connectivity index (χ3v) is 6.52. The summed E-state index contributed by atoms with van der Waals surface area (Å²) in [4.78, 5) is 10.2. The Balaban J connectivity index is 0.000000291. The molecular weight excluding hydrogens is 968 g/mol. The molecule has 2 aliphatic carbocycles. The van der Waals surface area contributed by atoms with Gasteiger partial charge in [-0.3, -0.25) is 10.6 Å². The van der Waals surface area contributed by atoms with Gasteiger partial charge < -0.3 is 10.2 Å². The van der Waals surface area contributed by atoms with Crippen LogP contribution in [0.15, 0.2) is 78.9 Å². The van der Waals surface area contributed by atoms with Crippen LogP contribution in [-0.2, 0) is 17.6 Å². The topological polar surface area (TPSA) is 81.6 Å². The summed E-state index contributed by atoms with van der Waals surface area (Å²) < 4.78 is 0. The average molecular weight is 1000 g/mol. The monoisotopic (exact) mass is 1000 g/mol. The van der Waals surface area contributed by atoms with Crippen LogP contribution in [0.1, 0.15) is 58.8 Å². The number of fused-ring (bicyclic) bond motifs is 2. The zero-order valence-corrected chi connectivity index (χ0v) is 31.3. The summed E-state index contributed by atoms with van der Waals surface area (Å²) in [5.41, 5.74) is 6.20. The van der Waals surface area contributed by atoms with Gasteiger partial charge in [-0.2, -0.15) is 0 Å². The van der Waals surface area contributed by atoms with E-state index in [1.54, 1.807) is 30.3 Å². The molecule has 0 heterocycles. The molecule has 0 aromatic heterocycles. The van der Waals surface area contributed by atoms with Gasteiger partial charge in [-0.1, -0.05) is 90.7 Å². The number of aliphatic hydroxyl groups excluding tert-OH is 1. The van der Waals surface area contributed by atoms with Crippen molar-refractivity contribution in [1.29, 1.82) is 0 Å². The van der Waals surface area contributed by atoms with Crippen LogP contribution in [0.4, 0.5) is 0 Å². The molecule has 0 bridgehead atoms. The predicted molar refractivity (Wildman–Crippen MR) is 191 cm³/mol. The molecule has 0 radical (unpaired) electrons. The molecule has 0 fully saturated rings. The Kier molecular flexibility index (Phi) is 21.0. The number of terminal acetylenes is 2. The molecule has 0 spiro atoms. The molecule has 5 nitrogen and oxygen atoms in total. The van der Waals surface area contributed by atoms with Crippen LogP contribution in [0.3, 0.4) is 0 Å². The van der Waals surface area contributed by atoms with Crippen molar-refractivity contribution in [3.05, 3.63) is 107 Å². The van der Waals surface area contributed by atoms with Crippen LogP contribution < -0.4 is 23.9 Å². The van der Waals surface area contributed by atoms with Gasteiger partial charge in [0.15, 0.2) is 6.10 Å². The second-order valence-electron chi connectivity index (χ2n) is 8.96. The quantitative estimate of drug-likeness (QED) is 0.222. The summed E-state index contributed by atoms with van der Waals surface area (Å²) in [6.45, 7) is 1.33. The van der Waals surface area contributed by atoms with E-state index >= 15 is 0 Å². The van der Waals surface area contributed by atoms with Crippen molar-refractivity contribution < 1.29 is 28.3 Å². The first-order valence-electron chi connectivity index (χ1n) is 12.8. The van der Waals surface area contributed by atoms with Gasteiger partial charge in [0, 0.05) is 12.1 Å². The number of nitrogens with one attached hydrogen (secondary N) is 2. The summed E-state index contributed by atoms with van der Waals surface area (Å²) in [5, 5.41) is 24.1. The molecular formula is C32H35I4N2O3-. The maximum atomic E-state index is 10.2. The Morgan fingerprint density at radius 2 is 1.22 bits per heavy atom. The van der Waals surface area contributed by atoms with Crippen molar-refractivity contribution in [2.75, 3.05) is 13.1 Å². The second kappa shape index (κ2) is 22.6. The molecule has 2 aliphatic rings. The molecule has 1 unspecified atom stereocenters. The van der Waals surface area contributed by atoms with Crippen LogP contribution >= 0.6 is 61.2 Å². The van der Waals surface area contributed by atoms with E-state index in [1.807, 2.05) is 0 Å². The number of hydrogen-bond acceptors (Lipinski definition) is 4. The van der Waals surface area contributed by atoms with E-state index in [0.717, 1.165) is 0 Å². The maximum Gasteiger partial charge on any atom is 0.337 e. The van der Waals surface area contributed by atoms with E-state index < -0.39 is 12.1 Å². The molecule has 9 heteroatoms. The van der Waals surface area contributed by atoms with E-state index in [4.69, 9.17) is 23.1 Å². The number of carbonyl (C=O) groups is 1. The Labute approximate surface area is 291 Å². The summed E-state index contributed by atoms with van der Waals surface area (Å²) >= 11 is 5.30. The summed E-state index contributed by atoms with van der Waals surface area (Å²) in [6, 6.07) is 26.4. The summed E-state index contributed by atoms with van der Waals surface area (Å²) in [7, 11) is 0. The van der Waals surface area contributed by atoms with Crippen molar-refractivity contribution in [1.82, 2.24) is 10.6 Å². The zero-order valence-electron chi connectivity index (χ0n) is 22.5. The standard InChI is InChI=1S/2C12H13N.C8H8O3.I3.HI/c2*1-2-9-13-12-8-7-10-5-3-4-6-11(10)12;9-7(8(10)11)6-4-2-1-3-5-6;1-3-2;/h2*1,3-6,12-13H,7-9H2;1-5,7,9H,(H,10,11);;1H/q;;;-1;/t12-;;7-;;/m1.0../s1. The molecule has 3 atom stereocenters. The zero-order chi connectivity index (χ0) is 29.2. The SMILES string of the molecule is C#CCNC1CCc2ccccc21.C#CCN[C@@H]1CCc2ccccc21.I.I[I-]I.O=C(O)[C@@H](O)c1ccccc1. The molecule has 3 aromatic rings. The van der Waals surface area contributed by atoms with Gasteiger partial charge in [0.2, 0.25) is 0 Å². The smallest absolute Gasteiger partial charge is 0.337 e. The van der Waals surface area contributed by atoms with Gasteiger partial charge in [0.25, 0.3) is 0 Å².